The Kier molecular flexibility index (Phi) is 6.05. The minimum absolute atomic E-state index is 0.681. The van der Waals surface area contributed by atoms with Crippen LogP contribution in [0.2, 0.25) is 0 Å². The van der Waals surface area contributed by atoms with Crippen molar-refractivity contribution in [3.8, 4) is 0 Å². The van der Waals surface area contributed by atoms with Crippen molar-refractivity contribution < 1.29 is 4.79 Å². The molecule has 0 bridgehead atoms. The van der Waals surface area contributed by atoms with Crippen LogP contribution in [0, 0.1) is 5.92 Å². The molecule has 1 rings (SSSR count). The fourth-order valence-electron chi connectivity index (χ4n) is 1.79. The third-order valence-electron chi connectivity index (χ3n) is 2.98. The van der Waals surface area contributed by atoms with E-state index in [0.29, 0.717) is 6.42 Å². The van der Waals surface area contributed by atoms with Gasteiger partial charge in [0.15, 0.2) is 0 Å². The monoisotopic (exact) mass is 221 g/mol. The van der Waals surface area contributed by atoms with Crippen LogP contribution in [0.4, 0.5) is 0 Å². The van der Waals surface area contributed by atoms with Crippen LogP contribution in [0.3, 0.4) is 0 Å². The fraction of sp³-hybridized carbons (Fsp3) is 0.714. The lowest BCUT2D eigenvalue weighted by atomic mass is 10.1. The van der Waals surface area contributed by atoms with Gasteiger partial charge in [-0.15, -0.1) is 0 Å². The molecular weight excluding hydrogens is 198 g/mol. The van der Waals surface area contributed by atoms with Gasteiger partial charge in [0.25, 0.3) is 0 Å². The Labute approximate surface area is 98.8 Å². The third-order valence-corrected chi connectivity index (χ3v) is 2.98. The number of hydrogen-bond acceptors (Lipinski definition) is 2. The topological polar surface area (TPSA) is 29.4 Å². The molecule has 0 aromatic rings. The van der Waals surface area contributed by atoms with E-state index in [-0.39, 0.29) is 0 Å². The summed E-state index contributed by atoms with van der Waals surface area (Å²) < 4.78 is 0. The highest BCUT2D eigenvalue weighted by Gasteiger charge is 2.21. The maximum absolute atomic E-state index is 10.2. The lowest BCUT2D eigenvalue weighted by molar-refractivity contribution is -0.107. The Morgan fingerprint density at radius 2 is 2.19 bits per heavy atom. The summed E-state index contributed by atoms with van der Waals surface area (Å²) in [6.45, 7) is 6.17. The van der Waals surface area contributed by atoms with Crippen LogP contribution >= 0.6 is 0 Å². The largest absolute Gasteiger partial charge is 0.303 e. The van der Waals surface area contributed by atoms with Crippen LogP contribution in [0.15, 0.2) is 17.3 Å². The Morgan fingerprint density at radius 1 is 1.44 bits per heavy atom. The highest BCUT2D eigenvalue weighted by atomic mass is 16.1. The van der Waals surface area contributed by atoms with E-state index in [4.69, 9.17) is 0 Å². The van der Waals surface area contributed by atoms with E-state index in [1.807, 2.05) is 0 Å². The highest BCUT2D eigenvalue weighted by molar-refractivity contribution is 5.85. The molecule has 0 aliphatic heterocycles. The number of unbranched alkanes of at least 4 members (excludes halogenated alkanes) is 2. The summed E-state index contributed by atoms with van der Waals surface area (Å²) in [5, 5.41) is 0. The molecule has 0 radical (unpaired) electrons. The van der Waals surface area contributed by atoms with Crippen LogP contribution in [0.25, 0.3) is 0 Å². The van der Waals surface area contributed by atoms with Crippen molar-refractivity contribution in [2.75, 3.05) is 0 Å². The number of hydrogen-bond donors (Lipinski definition) is 0. The zero-order valence-corrected chi connectivity index (χ0v) is 10.4. The summed E-state index contributed by atoms with van der Waals surface area (Å²) in [6.07, 6.45) is 9.55. The number of carbonyl (C=O) groups excluding carboxylic acids is 1. The van der Waals surface area contributed by atoms with Gasteiger partial charge >= 0.3 is 0 Å². The van der Waals surface area contributed by atoms with Gasteiger partial charge in [0.1, 0.15) is 6.29 Å². The number of allylic oxidation sites excluding steroid dienone is 1. The van der Waals surface area contributed by atoms with Gasteiger partial charge in [0, 0.05) is 17.8 Å². The Morgan fingerprint density at radius 3 is 2.75 bits per heavy atom. The Balaban J connectivity index is 2.23. The fourth-order valence-corrected chi connectivity index (χ4v) is 1.79. The number of carbonyl (C=O) groups is 1. The first-order valence-electron chi connectivity index (χ1n) is 6.44. The summed E-state index contributed by atoms with van der Waals surface area (Å²) in [7, 11) is 0. The van der Waals surface area contributed by atoms with Crippen molar-refractivity contribution in [3.63, 3.8) is 0 Å². The van der Waals surface area contributed by atoms with Gasteiger partial charge in [-0.05, 0) is 50.9 Å². The first-order valence-corrected chi connectivity index (χ1v) is 6.44. The predicted molar refractivity (Wildman–Crippen MR) is 68.7 cm³/mol. The molecule has 90 valence electrons. The highest BCUT2D eigenvalue weighted by Crippen LogP contribution is 2.35. The smallest absolute Gasteiger partial charge is 0.119 e. The second kappa shape index (κ2) is 7.37. The molecule has 0 unspecified atom stereocenters. The Hall–Kier alpha value is -0.920. The van der Waals surface area contributed by atoms with E-state index in [0.717, 1.165) is 50.0 Å². The van der Waals surface area contributed by atoms with Crippen molar-refractivity contribution >= 4 is 12.0 Å². The van der Waals surface area contributed by atoms with Gasteiger partial charge in [0.05, 0.1) is 0 Å². The maximum atomic E-state index is 10.2. The van der Waals surface area contributed by atoms with E-state index < -0.39 is 0 Å². The van der Waals surface area contributed by atoms with Gasteiger partial charge in [-0.3, -0.25) is 4.99 Å². The van der Waals surface area contributed by atoms with Crippen molar-refractivity contribution in [1.29, 1.82) is 0 Å². The quantitative estimate of drug-likeness (QED) is 0.330. The lowest BCUT2D eigenvalue weighted by Gasteiger charge is -2.05. The summed E-state index contributed by atoms with van der Waals surface area (Å²) in [5.74, 6) is 0.865. The van der Waals surface area contributed by atoms with Crippen LogP contribution in [0.1, 0.15) is 58.3 Å². The number of aldehydes is 1. The first-order chi connectivity index (χ1) is 7.76. The zero-order chi connectivity index (χ0) is 11.8. The van der Waals surface area contributed by atoms with Crippen molar-refractivity contribution in [2.45, 2.75) is 58.3 Å². The number of nitrogens with zero attached hydrogens (tertiary/aromatic N) is 1. The number of rotatable bonds is 9. The zero-order valence-electron chi connectivity index (χ0n) is 10.4. The van der Waals surface area contributed by atoms with Crippen molar-refractivity contribution in [2.24, 2.45) is 10.9 Å². The molecule has 0 amide bonds. The number of aliphatic imine (C=N–C) groups is 1. The molecule has 1 aliphatic rings. The molecule has 0 N–H and O–H groups in total. The molecule has 16 heavy (non-hydrogen) atoms. The van der Waals surface area contributed by atoms with Gasteiger partial charge in [0.2, 0.25) is 0 Å². The van der Waals surface area contributed by atoms with E-state index in [9.17, 15) is 4.79 Å². The molecule has 1 fully saturated rings. The van der Waals surface area contributed by atoms with Crippen molar-refractivity contribution in [1.82, 2.24) is 0 Å². The van der Waals surface area contributed by atoms with E-state index in [1.54, 1.807) is 0 Å². The first kappa shape index (κ1) is 13.1. The summed E-state index contributed by atoms with van der Waals surface area (Å²) in [6, 6.07) is 0. The van der Waals surface area contributed by atoms with Crippen LogP contribution in [-0.2, 0) is 4.79 Å². The van der Waals surface area contributed by atoms with E-state index in [1.165, 1.54) is 18.6 Å². The summed E-state index contributed by atoms with van der Waals surface area (Å²) in [5.41, 5.74) is 2.30. The van der Waals surface area contributed by atoms with E-state index >= 15 is 0 Å². The van der Waals surface area contributed by atoms with Gasteiger partial charge in [-0.1, -0.05) is 13.5 Å². The van der Waals surface area contributed by atoms with Crippen LogP contribution in [-0.4, -0.2) is 12.0 Å². The molecule has 0 atom stereocenters. The maximum Gasteiger partial charge on any atom is 0.119 e. The molecule has 1 saturated carbocycles. The van der Waals surface area contributed by atoms with Gasteiger partial charge < -0.3 is 4.79 Å². The second-order valence-corrected chi connectivity index (χ2v) is 4.66. The average Bonchev–Trinajstić information content (AvgIpc) is 3.06. The normalized spacial score (nSPS) is 16.2. The van der Waals surface area contributed by atoms with Gasteiger partial charge in [-0.25, -0.2) is 0 Å². The average molecular weight is 221 g/mol. The molecule has 1 aliphatic carbocycles. The molecule has 0 aromatic heterocycles. The molecule has 0 spiro atoms. The summed E-state index contributed by atoms with van der Waals surface area (Å²) >= 11 is 0. The minimum Gasteiger partial charge on any atom is -0.303 e. The van der Waals surface area contributed by atoms with Gasteiger partial charge in [-0.2, -0.15) is 0 Å². The molecular formula is C14H23NO. The molecule has 0 saturated heterocycles. The SMILES string of the molecule is C=C(CC1CC1)N=C(CC)CCCCC=O. The lowest BCUT2D eigenvalue weighted by Crippen LogP contribution is -1.98. The van der Waals surface area contributed by atoms with E-state index in [2.05, 4.69) is 18.5 Å². The molecule has 2 nitrogen and oxygen atoms in total. The second-order valence-electron chi connectivity index (χ2n) is 4.66. The molecule has 0 aromatic carbocycles. The molecule has 2 heteroatoms. The Bertz CT molecular complexity index is 264. The minimum atomic E-state index is 0.681. The summed E-state index contributed by atoms with van der Waals surface area (Å²) in [4.78, 5) is 14.8. The predicted octanol–water partition coefficient (Wildman–Crippen LogP) is 3.91. The molecule has 0 heterocycles. The van der Waals surface area contributed by atoms with Crippen molar-refractivity contribution in [3.05, 3.63) is 12.3 Å². The van der Waals surface area contributed by atoms with Crippen LogP contribution in [0.5, 0.6) is 0 Å². The van der Waals surface area contributed by atoms with Crippen LogP contribution < -0.4 is 0 Å². The standard InChI is InChI=1S/C14H23NO/c1-3-14(7-5-4-6-10-16)15-12(2)11-13-8-9-13/h10,13H,2-9,11H2,1H3. The third kappa shape index (κ3) is 5.84.